The lowest BCUT2D eigenvalue weighted by Crippen LogP contribution is -2.35. The number of allylic oxidation sites excluding steroid dienone is 1. The Hall–Kier alpha value is 0.140. The topological polar surface area (TPSA) is 18.5 Å². The van der Waals surface area contributed by atoms with Crippen molar-refractivity contribution in [1.29, 1.82) is 0 Å². The molecule has 0 N–H and O–H groups in total. The van der Waals surface area contributed by atoms with E-state index < -0.39 is 5.79 Å². The minimum absolute atomic E-state index is 0.502. The summed E-state index contributed by atoms with van der Waals surface area (Å²) >= 11 is 3.44. The van der Waals surface area contributed by atoms with Crippen LogP contribution in [0.1, 0.15) is 19.3 Å². The molecule has 0 saturated carbocycles. The third kappa shape index (κ3) is 1.66. The molecule has 0 amide bonds. The van der Waals surface area contributed by atoms with Crippen LogP contribution < -0.4 is 0 Å². The number of rotatable bonds is 2. The van der Waals surface area contributed by atoms with Crippen LogP contribution in [0, 0.1) is 0 Å². The Labute approximate surface area is 75.7 Å². The van der Waals surface area contributed by atoms with Crippen molar-refractivity contribution >= 4 is 15.9 Å². The summed E-state index contributed by atoms with van der Waals surface area (Å²) in [5, 5.41) is 0. The van der Waals surface area contributed by atoms with Crippen molar-refractivity contribution < 1.29 is 9.47 Å². The largest absolute Gasteiger partial charge is 0.349 e. The first-order valence-electron chi connectivity index (χ1n) is 3.71. The van der Waals surface area contributed by atoms with Gasteiger partial charge in [0.1, 0.15) is 0 Å². The molecule has 1 aliphatic rings. The normalized spacial score (nSPS) is 23.0. The number of hydrogen-bond donors (Lipinski definition) is 0. The van der Waals surface area contributed by atoms with Crippen molar-refractivity contribution in [2.45, 2.75) is 25.0 Å². The molecular formula is C8H13BrO2. The lowest BCUT2D eigenvalue weighted by atomic mass is 10.0. The summed E-state index contributed by atoms with van der Waals surface area (Å²) < 4.78 is 11.6. The van der Waals surface area contributed by atoms with Gasteiger partial charge in [0.05, 0.1) is 0 Å². The van der Waals surface area contributed by atoms with Crippen molar-refractivity contribution in [2.75, 3.05) is 14.2 Å². The van der Waals surface area contributed by atoms with Crippen molar-refractivity contribution in [3.05, 3.63) is 10.6 Å². The minimum Gasteiger partial charge on any atom is -0.349 e. The maximum atomic E-state index is 5.30. The van der Waals surface area contributed by atoms with Crippen LogP contribution in [0.5, 0.6) is 0 Å². The second-order valence-electron chi connectivity index (χ2n) is 2.61. The molecule has 0 heterocycles. The molecule has 1 rings (SSSR count). The van der Waals surface area contributed by atoms with E-state index in [1.807, 2.05) is 0 Å². The minimum atomic E-state index is -0.502. The SMILES string of the molecule is COC1(OC)CCCC=C1Br. The molecule has 0 radical (unpaired) electrons. The lowest BCUT2D eigenvalue weighted by molar-refractivity contribution is -0.179. The van der Waals surface area contributed by atoms with E-state index in [4.69, 9.17) is 9.47 Å². The van der Waals surface area contributed by atoms with Gasteiger partial charge in [0, 0.05) is 25.1 Å². The monoisotopic (exact) mass is 220 g/mol. The summed E-state index contributed by atoms with van der Waals surface area (Å²) in [5.74, 6) is -0.502. The first kappa shape index (κ1) is 9.23. The third-order valence-corrected chi connectivity index (χ3v) is 2.98. The van der Waals surface area contributed by atoms with E-state index in [2.05, 4.69) is 22.0 Å². The van der Waals surface area contributed by atoms with Gasteiger partial charge in [-0.05, 0) is 12.8 Å². The Bertz CT molecular complexity index is 161. The fraction of sp³-hybridized carbons (Fsp3) is 0.750. The van der Waals surface area contributed by atoms with Crippen LogP contribution in [0.4, 0.5) is 0 Å². The standard InChI is InChI=1S/C8H13BrO2/c1-10-8(11-2)6-4-3-5-7(8)9/h5H,3-4,6H2,1-2H3. The molecule has 0 aromatic rings. The van der Waals surface area contributed by atoms with Crippen LogP contribution in [0.25, 0.3) is 0 Å². The van der Waals surface area contributed by atoms with Crippen LogP contribution in [-0.4, -0.2) is 20.0 Å². The number of hydrogen-bond acceptors (Lipinski definition) is 2. The number of halogens is 1. The molecule has 0 unspecified atom stereocenters. The molecule has 2 nitrogen and oxygen atoms in total. The zero-order valence-corrected chi connectivity index (χ0v) is 8.48. The Balaban J connectivity index is 2.79. The zero-order chi connectivity index (χ0) is 8.32. The van der Waals surface area contributed by atoms with E-state index in [-0.39, 0.29) is 0 Å². The zero-order valence-electron chi connectivity index (χ0n) is 6.89. The molecular weight excluding hydrogens is 208 g/mol. The maximum Gasteiger partial charge on any atom is 0.200 e. The van der Waals surface area contributed by atoms with Gasteiger partial charge in [0.2, 0.25) is 5.79 Å². The molecule has 11 heavy (non-hydrogen) atoms. The van der Waals surface area contributed by atoms with Crippen LogP contribution in [0.15, 0.2) is 10.6 Å². The average Bonchev–Trinajstić information content (AvgIpc) is 2.06. The fourth-order valence-electron chi connectivity index (χ4n) is 1.32. The summed E-state index contributed by atoms with van der Waals surface area (Å²) in [5.41, 5.74) is 0. The van der Waals surface area contributed by atoms with Gasteiger partial charge in [-0.2, -0.15) is 0 Å². The van der Waals surface area contributed by atoms with E-state index in [1.165, 1.54) is 0 Å². The van der Waals surface area contributed by atoms with Gasteiger partial charge in [-0.25, -0.2) is 0 Å². The molecule has 1 aliphatic carbocycles. The first-order chi connectivity index (χ1) is 5.25. The summed E-state index contributed by atoms with van der Waals surface area (Å²) in [6, 6.07) is 0. The summed E-state index contributed by atoms with van der Waals surface area (Å²) in [7, 11) is 3.34. The van der Waals surface area contributed by atoms with E-state index in [1.54, 1.807) is 14.2 Å². The fourth-order valence-corrected chi connectivity index (χ4v) is 2.07. The van der Waals surface area contributed by atoms with E-state index >= 15 is 0 Å². The maximum absolute atomic E-state index is 5.30. The number of ether oxygens (including phenoxy) is 2. The molecule has 64 valence electrons. The molecule has 3 heteroatoms. The van der Waals surface area contributed by atoms with Gasteiger partial charge >= 0.3 is 0 Å². The molecule has 0 aliphatic heterocycles. The first-order valence-corrected chi connectivity index (χ1v) is 4.51. The van der Waals surface area contributed by atoms with Crippen LogP contribution >= 0.6 is 15.9 Å². The second kappa shape index (κ2) is 3.70. The Kier molecular flexibility index (Phi) is 3.10. The van der Waals surface area contributed by atoms with Gasteiger partial charge < -0.3 is 9.47 Å². The molecule has 0 bridgehead atoms. The molecule has 0 aromatic heterocycles. The highest BCUT2D eigenvalue weighted by Crippen LogP contribution is 2.36. The third-order valence-electron chi connectivity index (χ3n) is 2.06. The lowest BCUT2D eigenvalue weighted by Gasteiger charge is -2.33. The highest BCUT2D eigenvalue weighted by Gasteiger charge is 2.34. The molecule has 0 spiro atoms. The predicted octanol–water partition coefficient (Wildman–Crippen LogP) is 2.44. The van der Waals surface area contributed by atoms with Crippen LogP contribution in [0.3, 0.4) is 0 Å². The average molecular weight is 221 g/mol. The van der Waals surface area contributed by atoms with Gasteiger partial charge in [0.15, 0.2) is 0 Å². The van der Waals surface area contributed by atoms with Crippen LogP contribution in [0.2, 0.25) is 0 Å². The van der Waals surface area contributed by atoms with Crippen LogP contribution in [-0.2, 0) is 9.47 Å². The van der Waals surface area contributed by atoms with Crippen molar-refractivity contribution in [3.63, 3.8) is 0 Å². The van der Waals surface area contributed by atoms with E-state index in [0.29, 0.717) is 0 Å². The predicted molar refractivity (Wildman–Crippen MR) is 47.6 cm³/mol. The van der Waals surface area contributed by atoms with Gasteiger partial charge in [0.25, 0.3) is 0 Å². The highest BCUT2D eigenvalue weighted by molar-refractivity contribution is 9.11. The number of methoxy groups -OCH3 is 2. The Morgan fingerprint density at radius 2 is 2.09 bits per heavy atom. The van der Waals surface area contributed by atoms with E-state index in [9.17, 15) is 0 Å². The van der Waals surface area contributed by atoms with Gasteiger partial charge in [-0.1, -0.05) is 22.0 Å². The van der Waals surface area contributed by atoms with Crippen molar-refractivity contribution in [2.24, 2.45) is 0 Å². The second-order valence-corrected chi connectivity index (χ2v) is 3.46. The summed E-state index contributed by atoms with van der Waals surface area (Å²) in [6.07, 6.45) is 5.26. The van der Waals surface area contributed by atoms with Crippen molar-refractivity contribution in [3.8, 4) is 0 Å². The Morgan fingerprint density at radius 3 is 2.45 bits per heavy atom. The highest BCUT2D eigenvalue weighted by atomic mass is 79.9. The smallest absolute Gasteiger partial charge is 0.200 e. The summed E-state index contributed by atoms with van der Waals surface area (Å²) in [6.45, 7) is 0. The summed E-state index contributed by atoms with van der Waals surface area (Å²) in [4.78, 5) is 0. The molecule has 0 fully saturated rings. The molecule has 0 saturated heterocycles. The molecule has 0 aromatic carbocycles. The van der Waals surface area contributed by atoms with Crippen molar-refractivity contribution in [1.82, 2.24) is 0 Å². The quantitative estimate of drug-likeness (QED) is 0.666. The Morgan fingerprint density at radius 1 is 1.45 bits per heavy atom. The molecule has 0 atom stereocenters. The van der Waals surface area contributed by atoms with Gasteiger partial charge in [-0.15, -0.1) is 0 Å². The van der Waals surface area contributed by atoms with Gasteiger partial charge in [-0.3, -0.25) is 0 Å². The van der Waals surface area contributed by atoms with E-state index in [0.717, 1.165) is 23.7 Å².